The second-order valence-corrected chi connectivity index (χ2v) is 5.05. The predicted molar refractivity (Wildman–Crippen MR) is 78.2 cm³/mol. The van der Waals surface area contributed by atoms with Crippen molar-refractivity contribution in [2.45, 2.75) is 12.3 Å². The lowest BCUT2D eigenvalue weighted by molar-refractivity contribution is 0.556. The topological polar surface area (TPSA) is 12.0 Å². The molecule has 0 fully saturated rings. The van der Waals surface area contributed by atoms with Gasteiger partial charge in [0.2, 0.25) is 0 Å². The SMILES string of the molecule is CNCC(Cc1cccc(Cl)c1)c1ccccc1F. The molecule has 0 bridgehead atoms. The molecule has 2 aromatic rings. The molecule has 19 heavy (non-hydrogen) atoms. The Hall–Kier alpha value is -1.38. The molecule has 0 heterocycles. The molecule has 1 atom stereocenters. The van der Waals surface area contributed by atoms with E-state index in [4.69, 9.17) is 11.6 Å². The van der Waals surface area contributed by atoms with Crippen LogP contribution in [0.3, 0.4) is 0 Å². The van der Waals surface area contributed by atoms with Crippen molar-refractivity contribution in [3.8, 4) is 0 Å². The summed E-state index contributed by atoms with van der Waals surface area (Å²) in [4.78, 5) is 0. The van der Waals surface area contributed by atoms with Crippen molar-refractivity contribution in [3.63, 3.8) is 0 Å². The van der Waals surface area contributed by atoms with Gasteiger partial charge in [-0.05, 0) is 42.8 Å². The van der Waals surface area contributed by atoms with Crippen LogP contribution in [0.4, 0.5) is 4.39 Å². The van der Waals surface area contributed by atoms with E-state index < -0.39 is 0 Å². The zero-order chi connectivity index (χ0) is 13.7. The van der Waals surface area contributed by atoms with E-state index in [2.05, 4.69) is 5.32 Å². The third-order valence-corrected chi connectivity index (χ3v) is 3.40. The first-order valence-corrected chi connectivity index (χ1v) is 6.72. The molecule has 2 aromatic carbocycles. The molecule has 0 radical (unpaired) electrons. The van der Waals surface area contributed by atoms with Gasteiger partial charge < -0.3 is 5.32 Å². The van der Waals surface area contributed by atoms with Crippen molar-refractivity contribution in [2.24, 2.45) is 0 Å². The first kappa shape index (κ1) is 14.0. The van der Waals surface area contributed by atoms with Crippen molar-refractivity contribution in [2.75, 3.05) is 13.6 Å². The maximum atomic E-state index is 13.9. The molecule has 0 amide bonds. The van der Waals surface area contributed by atoms with E-state index in [1.54, 1.807) is 6.07 Å². The summed E-state index contributed by atoms with van der Waals surface area (Å²) in [5.41, 5.74) is 1.87. The molecule has 0 spiro atoms. The Morgan fingerprint density at radius 2 is 1.95 bits per heavy atom. The predicted octanol–water partition coefficient (Wildman–Crippen LogP) is 4.02. The van der Waals surface area contributed by atoms with Gasteiger partial charge in [-0.25, -0.2) is 4.39 Å². The van der Waals surface area contributed by atoms with Crippen LogP contribution in [0.25, 0.3) is 0 Å². The van der Waals surface area contributed by atoms with Crippen molar-refractivity contribution in [1.29, 1.82) is 0 Å². The van der Waals surface area contributed by atoms with Gasteiger partial charge in [0.05, 0.1) is 0 Å². The quantitative estimate of drug-likeness (QED) is 0.870. The molecule has 0 aliphatic heterocycles. The van der Waals surface area contributed by atoms with Crippen molar-refractivity contribution < 1.29 is 4.39 Å². The molecule has 0 saturated carbocycles. The lowest BCUT2D eigenvalue weighted by atomic mass is 9.91. The average Bonchev–Trinajstić information content (AvgIpc) is 2.39. The molecule has 2 rings (SSSR count). The van der Waals surface area contributed by atoms with Crippen molar-refractivity contribution in [3.05, 3.63) is 70.5 Å². The Bertz CT molecular complexity index is 542. The number of benzene rings is 2. The molecule has 0 aromatic heterocycles. The Morgan fingerprint density at radius 1 is 1.16 bits per heavy atom. The number of hydrogen-bond donors (Lipinski definition) is 1. The number of rotatable bonds is 5. The minimum Gasteiger partial charge on any atom is -0.319 e. The largest absolute Gasteiger partial charge is 0.319 e. The first-order chi connectivity index (χ1) is 9.20. The van der Waals surface area contributed by atoms with Crippen LogP contribution < -0.4 is 5.32 Å². The van der Waals surface area contributed by atoms with E-state index in [1.807, 2.05) is 43.4 Å². The molecule has 1 nitrogen and oxygen atoms in total. The van der Waals surface area contributed by atoms with E-state index in [1.165, 1.54) is 6.07 Å². The molecule has 0 aliphatic carbocycles. The summed E-state index contributed by atoms with van der Waals surface area (Å²) in [6.07, 6.45) is 0.766. The lowest BCUT2D eigenvalue weighted by Crippen LogP contribution is -2.20. The number of hydrogen-bond acceptors (Lipinski definition) is 1. The second-order valence-electron chi connectivity index (χ2n) is 4.61. The van der Waals surface area contributed by atoms with Gasteiger partial charge >= 0.3 is 0 Å². The Labute approximate surface area is 118 Å². The summed E-state index contributed by atoms with van der Waals surface area (Å²) in [5.74, 6) is -0.0468. The molecule has 3 heteroatoms. The number of halogens is 2. The number of nitrogens with one attached hydrogen (secondary N) is 1. The minimum absolute atomic E-state index is 0.102. The summed E-state index contributed by atoms with van der Waals surface area (Å²) in [7, 11) is 1.88. The van der Waals surface area contributed by atoms with Gasteiger partial charge in [-0.3, -0.25) is 0 Å². The summed E-state index contributed by atoms with van der Waals surface area (Å²) in [6, 6.07) is 14.7. The van der Waals surface area contributed by atoms with Crippen molar-refractivity contribution >= 4 is 11.6 Å². The zero-order valence-electron chi connectivity index (χ0n) is 10.9. The van der Waals surface area contributed by atoms with E-state index in [0.29, 0.717) is 5.02 Å². The molecular weight excluding hydrogens is 261 g/mol. The van der Waals surface area contributed by atoms with Gasteiger partial charge in [-0.2, -0.15) is 0 Å². The maximum Gasteiger partial charge on any atom is 0.126 e. The smallest absolute Gasteiger partial charge is 0.126 e. The highest BCUT2D eigenvalue weighted by molar-refractivity contribution is 6.30. The third-order valence-electron chi connectivity index (χ3n) is 3.17. The fourth-order valence-electron chi connectivity index (χ4n) is 2.29. The van der Waals surface area contributed by atoms with Gasteiger partial charge in [0, 0.05) is 17.5 Å². The maximum absolute atomic E-state index is 13.9. The van der Waals surface area contributed by atoms with Crippen LogP contribution in [0.2, 0.25) is 5.02 Å². The molecule has 100 valence electrons. The summed E-state index contributed by atoms with van der Waals surface area (Å²) >= 11 is 5.99. The molecule has 0 saturated heterocycles. The standard InChI is InChI=1S/C16H17ClFN/c1-19-11-13(15-7-2-3-8-16(15)18)9-12-5-4-6-14(17)10-12/h2-8,10,13,19H,9,11H2,1H3. The normalized spacial score (nSPS) is 12.4. The van der Waals surface area contributed by atoms with Gasteiger partial charge in [0.1, 0.15) is 5.82 Å². The van der Waals surface area contributed by atoms with E-state index in [0.717, 1.165) is 24.1 Å². The van der Waals surface area contributed by atoms with Gasteiger partial charge in [-0.1, -0.05) is 41.9 Å². The monoisotopic (exact) mass is 277 g/mol. The average molecular weight is 278 g/mol. The molecule has 0 aliphatic rings. The Balaban J connectivity index is 2.24. The highest BCUT2D eigenvalue weighted by atomic mass is 35.5. The zero-order valence-corrected chi connectivity index (χ0v) is 11.6. The van der Waals surface area contributed by atoms with E-state index in [9.17, 15) is 4.39 Å². The molecule has 1 unspecified atom stereocenters. The van der Waals surface area contributed by atoms with Gasteiger partial charge in [0.15, 0.2) is 0 Å². The van der Waals surface area contributed by atoms with Crippen LogP contribution in [-0.4, -0.2) is 13.6 Å². The van der Waals surface area contributed by atoms with Crippen LogP contribution in [0.5, 0.6) is 0 Å². The molecular formula is C16H17ClFN. The summed E-state index contributed by atoms with van der Waals surface area (Å²) in [5, 5.41) is 3.85. The number of likely N-dealkylation sites (N-methyl/N-ethyl adjacent to an activating group) is 1. The van der Waals surface area contributed by atoms with Crippen LogP contribution in [0.15, 0.2) is 48.5 Å². The highest BCUT2D eigenvalue weighted by Crippen LogP contribution is 2.24. The summed E-state index contributed by atoms with van der Waals surface area (Å²) < 4.78 is 13.9. The Morgan fingerprint density at radius 3 is 2.63 bits per heavy atom. The van der Waals surface area contributed by atoms with Crippen LogP contribution in [0, 0.1) is 5.82 Å². The van der Waals surface area contributed by atoms with E-state index >= 15 is 0 Å². The highest BCUT2D eigenvalue weighted by Gasteiger charge is 2.15. The lowest BCUT2D eigenvalue weighted by Gasteiger charge is -2.18. The molecule has 1 N–H and O–H groups in total. The van der Waals surface area contributed by atoms with Crippen molar-refractivity contribution in [1.82, 2.24) is 5.32 Å². The second kappa shape index (κ2) is 6.69. The minimum atomic E-state index is -0.148. The first-order valence-electron chi connectivity index (χ1n) is 6.34. The van der Waals surface area contributed by atoms with E-state index in [-0.39, 0.29) is 11.7 Å². The van der Waals surface area contributed by atoms with Gasteiger partial charge in [0.25, 0.3) is 0 Å². The Kier molecular flexibility index (Phi) is 4.94. The van der Waals surface area contributed by atoms with Crippen LogP contribution in [0.1, 0.15) is 17.0 Å². The van der Waals surface area contributed by atoms with Crippen LogP contribution >= 0.6 is 11.6 Å². The third kappa shape index (κ3) is 3.79. The fraction of sp³-hybridized carbons (Fsp3) is 0.250. The van der Waals surface area contributed by atoms with Crippen LogP contribution in [-0.2, 0) is 6.42 Å². The van der Waals surface area contributed by atoms with Gasteiger partial charge in [-0.15, -0.1) is 0 Å². The summed E-state index contributed by atoms with van der Waals surface area (Å²) in [6.45, 7) is 0.730. The fourth-order valence-corrected chi connectivity index (χ4v) is 2.51.